The van der Waals surface area contributed by atoms with Crippen LogP contribution in [0.4, 0.5) is 4.39 Å². The maximum Gasteiger partial charge on any atom is 0.0997 e. The average molecular weight is 114 g/mol. The minimum Gasteiger partial charge on any atom is -0.212 e. The van der Waals surface area contributed by atoms with Gasteiger partial charge in [-0.15, -0.1) is 6.58 Å². The molecule has 1 heteroatoms. The Morgan fingerprint density at radius 3 is 2.75 bits per heavy atom. The smallest absolute Gasteiger partial charge is 0.0997 e. The van der Waals surface area contributed by atoms with Gasteiger partial charge in [-0.2, -0.15) is 0 Å². The van der Waals surface area contributed by atoms with Gasteiger partial charge >= 0.3 is 0 Å². The van der Waals surface area contributed by atoms with E-state index in [1.165, 1.54) is 0 Å². The fourth-order valence-corrected chi connectivity index (χ4v) is 0.443. The number of hydrogen-bond donors (Lipinski definition) is 0. The van der Waals surface area contributed by atoms with Crippen LogP contribution < -0.4 is 0 Å². The molecular weight excluding hydrogens is 103 g/mol. The van der Waals surface area contributed by atoms with Gasteiger partial charge in [-0.05, 0) is 6.42 Å². The third kappa shape index (κ3) is 3.59. The minimum absolute atomic E-state index is 0.0810. The van der Waals surface area contributed by atoms with Crippen LogP contribution in [0.15, 0.2) is 24.6 Å². The Hall–Kier alpha value is -0.590. The third-order valence-electron chi connectivity index (χ3n) is 0.765. The van der Waals surface area contributed by atoms with Crippen molar-refractivity contribution in [2.75, 3.05) is 0 Å². The fraction of sp³-hybridized carbons (Fsp3) is 0.429. The molecule has 0 atom stereocenters. The van der Waals surface area contributed by atoms with Gasteiger partial charge in [0.15, 0.2) is 0 Å². The third-order valence-corrected chi connectivity index (χ3v) is 0.765. The molecule has 0 heterocycles. The zero-order chi connectivity index (χ0) is 6.41. The molecule has 46 valence electrons. The van der Waals surface area contributed by atoms with Gasteiger partial charge in [0.05, 0.1) is 5.83 Å². The summed E-state index contributed by atoms with van der Waals surface area (Å²) in [6, 6.07) is 0. The van der Waals surface area contributed by atoms with Crippen LogP contribution in [-0.2, 0) is 0 Å². The highest BCUT2D eigenvalue weighted by atomic mass is 19.1. The molecule has 0 aliphatic heterocycles. The zero-order valence-electron chi connectivity index (χ0n) is 5.15. The van der Waals surface area contributed by atoms with Crippen LogP contribution in [0.5, 0.6) is 0 Å². The zero-order valence-corrected chi connectivity index (χ0v) is 5.15. The summed E-state index contributed by atoms with van der Waals surface area (Å²) in [6.45, 7) is 5.31. The number of rotatable bonds is 3. The molecule has 0 fully saturated rings. The highest BCUT2D eigenvalue weighted by Crippen LogP contribution is 2.03. The Morgan fingerprint density at radius 2 is 2.38 bits per heavy atom. The summed E-state index contributed by atoms with van der Waals surface area (Å²) in [5.41, 5.74) is 0. The first-order chi connectivity index (χ1) is 3.81. The lowest BCUT2D eigenvalue weighted by molar-refractivity contribution is 0.612. The van der Waals surface area contributed by atoms with Gasteiger partial charge in [0.1, 0.15) is 0 Å². The maximum atomic E-state index is 12.2. The fourth-order valence-electron chi connectivity index (χ4n) is 0.443. The van der Waals surface area contributed by atoms with Crippen LogP contribution in [-0.4, -0.2) is 0 Å². The van der Waals surface area contributed by atoms with Gasteiger partial charge < -0.3 is 0 Å². The lowest BCUT2D eigenvalue weighted by atomic mass is 10.3. The Balaban J connectivity index is 3.44. The molecule has 0 N–H and O–H groups in total. The highest BCUT2D eigenvalue weighted by molar-refractivity contribution is 4.96. The number of allylic oxidation sites excluding steroid dienone is 3. The molecule has 0 bridgehead atoms. The van der Waals surface area contributed by atoms with E-state index in [0.29, 0.717) is 6.42 Å². The van der Waals surface area contributed by atoms with E-state index in [9.17, 15) is 4.39 Å². The van der Waals surface area contributed by atoms with E-state index in [4.69, 9.17) is 0 Å². The van der Waals surface area contributed by atoms with Gasteiger partial charge in [0.2, 0.25) is 0 Å². The molecule has 8 heavy (non-hydrogen) atoms. The molecule has 0 unspecified atom stereocenters. The maximum absolute atomic E-state index is 12.2. The standard InChI is InChI=1S/C7H11F/c1-3-5-7(8)6-4-2/h3,6H,1,4-5H2,2H3/b7-6+. The summed E-state index contributed by atoms with van der Waals surface area (Å²) in [7, 11) is 0. The summed E-state index contributed by atoms with van der Waals surface area (Å²) in [4.78, 5) is 0. The SMILES string of the molecule is C=CC/C(F)=C\CC. The van der Waals surface area contributed by atoms with Gasteiger partial charge in [0.25, 0.3) is 0 Å². The van der Waals surface area contributed by atoms with Crippen molar-refractivity contribution in [3.8, 4) is 0 Å². The van der Waals surface area contributed by atoms with Crippen molar-refractivity contribution in [1.29, 1.82) is 0 Å². The van der Waals surface area contributed by atoms with Crippen LogP contribution in [0.25, 0.3) is 0 Å². The van der Waals surface area contributed by atoms with Crippen molar-refractivity contribution < 1.29 is 4.39 Å². The molecule has 0 aliphatic rings. The van der Waals surface area contributed by atoms with Gasteiger partial charge in [-0.3, -0.25) is 0 Å². The van der Waals surface area contributed by atoms with E-state index < -0.39 is 0 Å². The Morgan fingerprint density at radius 1 is 1.75 bits per heavy atom. The number of hydrogen-bond acceptors (Lipinski definition) is 0. The summed E-state index contributed by atoms with van der Waals surface area (Å²) in [6.07, 6.45) is 4.25. The molecule has 0 aromatic heterocycles. The average Bonchev–Trinajstić information content (AvgIpc) is 1.68. The van der Waals surface area contributed by atoms with Crippen LogP contribution in [0, 0.1) is 0 Å². The van der Waals surface area contributed by atoms with E-state index in [-0.39, 0.29) is 5.83 Å². The lowest BCUT2D eigenvalue weighted by Crippen LogP contribution is -1.67. The van der Waals surface area contributed by atoms with Crippen molar-refractivity contribution in [2.45, 2.75) is 19.8 Å². The Kier molecular flexibility index (Phi) is 4.23. The Labute approximate surface area is 49.7 Å². The first-order valence-electron chi connectivity index (χ1n) is 2.76. The van der Waals surface area contributed by atoms with Crippen molar-refractivity contribution in [1.82, 2.24) is 0 Å². The van der Waals surface area contributed by atoms with E-state index in [0.717, 1.165) is 6.42 Å². The minimum atomic E-state index is -0.0810. The second kappa shape index (κ2) is 4.57. The van der Waals surface area contributed by atoms with Crippen LogP contribution in [0.2, 0.25) is 0 Å². The highest BCUT2D eigenvalue weighted by Gasteiger charge is 1.84. The Bertz CT molecular complexity index is 92.6. The van der Waals surface area contributed by atoms with Gasteiger partial charge in [-0.25, -0.2) is 4.39 Å². The molecule has 0 aromatic carbocycles. The van der Waals surface area contributed by atoms with Crippen molar-refractivity contribution in [2.24, 2.45) is 0 Å². The van der Waals surface area contributed by atoms with E-state index in [1.807, 2.05) is 6.92 Å². The van der Waals surface area contributed by atoms with E-state index in [1.54, 1.807) is 12.2 Å². The molecule has 0 spiro atoms. The summed E-state index contributed by atoms with van der Waals surface area (Å²) in [5.74, 6) is -0.0810. The summed E-state index contributed by atoms with van der Waals surface area (Å²) >= 11 is 0. The molecule has 0 aromatic rings. The predicted molar refractivity (Wildman–Crippen MR) is 34.3 cm³/mol. The largest absolute Gasteiger partial charge is 0.212 e. The molecule has 0 amide bonds. The van der Waals surface area contributed by atoms with Crippen molar-refractivity contribution in [3.63, 3.8) is 0 Å². The molecule has 0 rings (SSSR count). The predicted octanol–water partition coefficient (Wildman–Crippen LogP) is 2.83. The molecular formula is C7H11F. The van der Waals surface area contributed by atoms with Crippen LogP contribution in [0.1, 0.15) is 19.8 Å². The first-order valence-corrected chi connectivity index (χ1v) is 2.76. The lowest BCUT2D eigenvalue weighted by Gasteiger charge is -1.85. The van der Waals surface area contributed by atoms with Gasteiger partial charge in [0, 0.05) is 6.42 Å². The first kappa shape index (κ1) is 7.41. The monoisotopic (exact) mass is 114 g/mol. The van der Waals surface area contributed by atoms with Crippen LogP contribution in [0.3, 0.4) is 0 Å². The molecule has 0 nitrogen and oxygen atoms in total. The van der Waals surface area contributed by atoms with E-state index >= 15 is 0 Å². The molecule has 0 aliphatic carbocycles. The van der Waals surface area contributed by atoms with Crippen molar-refractivity contribution in [3.05, 3.63) is 24.6 Å². The second-order valence-electron chi connectivity index (χ2n) is 1.55. The van der Waals surface area contributed by atoms with Crippen LogP contribution >= 0.6 is 0 Å². The normalized spacial score (nSPS) is 11.5. The molecule has 0 saturated carbocycles. The molecule has 0 radical (unpaired) electrons. The number of halogens is 1. The van der Waals surface area contributed by atoms with Crippen molar-refractivity contribution >= 4 is 0 Å². The quantitative estimate of drug-likeness (QED) is 0.495. The second-order valence-corrected chi connectivity index (χ2v) is 1.55. The summed E-state index contributed by atoms with van der Waals surface area (Å²) < 4.78 is 12.2. The topological polar surface area (TPSA) is 0 Å². The van der Waals surface area contributed by atoms with Gasteiger partial charge in [-0.1, -0.05) is 19.1 Å². The van der Waals surface area contributed by atoms with E-state index in [2.05, 4.69) is 6.58 Å². The summed E-state index contributed by atoms with van der Waals surface area (Å²) in [5, 5.41) is 0. The molecule has 0 saturated heterocycles.